The first kappa shape index (κ1) is 12.0. The third-order valence-corrected chi connectivity index (χ3v) is 2.04. The molecular formula is C12H19NO2. The molecule has 0 aliphatic heterocycles. The molecule has 0 bridgehead atoms. The van der Waals surface area contributed by atoms with Gasteiger partial charge in [-0.2, -0.15) is 0 Å². The molecule has 15 heavy (non-hydrogen) atoms. The first-order chi connectivity index (χ1) is 7.43. The fraction of sp³-hybridized carbons (Fsp3) is 0.500. The van der Waals surface area contributed by atoms with Crippen LogP contribution in [0.25, 0.3) is 6.08 Å². The SMILES string of the molecule is COCCCCNC/C=C/c1ccco1. The van der Waals surface area contributed by atoms with E-state index in [1.165, 1.54) is 0 Å². The predicted molar refractivity (Wildman–Crippen MR) is 61.7 cm³/mol. The highest BCUT2D eigenvalue weighted by Gasteiger charge is 1.88. The molecule has 1 N–H and O–H groups in total. The largest absolute Gasteiger partial charge is 0.465 e. The fourth-order valence-electron chi connectivity index (χ4n) is 1.24. The number of hydrogen-bond donors (Lipinski definition) is 1. The standard InChI is InChI=1S/C12H19NO2/c1-14-10-3-2-8-13-9-4-6-12-7-5-11-15-12/h4-7,11,13H,2-3,8-10H2,1H3/b6-4+. The van der Waals surface area contributed by atoms with E-state index < -0.39 is 0 Å². The Hall–Kier alpha value is -1.06. The summed E-state index contributed by atoms with van der Waals surface area (Å²) in [6, 6.07) is 3.83. The molecule has 0 aromatic carbocycles. The zero-order chi connectivity index (χ0) is 10.8. The second-order valence-corrected chi connectivity index (χ2v) is 3.32. The van der Waals surface area contributed by atoms with Crippen LogP contribution in [0.5, 0.6) is 0 Å². The van der Waals surface area contributed by atoms with E-state index in [0.717, 1.165) is 38.3 Å². The summed E-state index contributed by atoms with van der Waals surface area (Å²) in [4.78, 5) is 0. The summed E-state index contributed by atoms with van der Waals surface area (Å²) in [6.07, 6.45) is 7.99. The van der Waals surface area contributed by atoms with Crippen LogP contribution < -0.4 is 5.32 Å². The molecule has 0 spiro atoms. The summed E-state index contributed by atoms with van der Waals surface area (Å²) in [6.45, 7) is 2.77. The first-order valence-electron chi connectivity index (χ1n) is 5.33. The lowest BCUT2D eigenvalue weighted by atomic mass is 10.3. The Kier molecular flexibility index (Phi) is 6.62. The van der Waals surface area contributed by atoms with E-state index >= 15 is 0 Å². The summed E-state index contributed by atoms with van der Waals surface area (Å²) in [5, 5.41) is 3.32. The van der Waals surface area contributed by atoms with Crippen LogP contribution in [0.2, 0.25) is 0 Å². The molecule has 1 heterocycles. The smallest absolute Gasteiger partial charge is 0.126 e. The lowest BCUT2D eigenvalue weighted by molar-refractivity contribution is 0.193. The van der Waals surface area contributed by atoms with E-state index in [1.54, 1.807) is 13.4 Å². The van der Waals surface area contributed by atoms with Crippen molar-refractivity contribution in [1.82, 2.24) is 5.32 Å². The van der Waals surface area contributed by atoms with Crippen LogP contribution in [0.1, 0.15) is 18.6 Å². The average molecular weight is 209 g/mol. The van der Waals surface area contributed by atoms with Gasteiger partial charge < -0.3 is 14.5 Å². The first-order valence-corrected chi connectivity index (χ1v) is 5.33. The van der Waals surface area contributed by atoms with Gasteiger partial charge in [0.2, 0.25) is 0 Å². The molecule has 0 amide bonds. The molecule has 0 fully saturated rings. The Labute approximate surface area is 91.1 Å². The van der Waals surface area contributed by atoms with Crippen LogP contribution in [0.4, 0.5) is 0 Å². The summed E-state index contributed by atoms with van der Waals surface area (Å²) in [5.41, 5.74) is 0. The average Bonchev–Trinajstić information content (AvgIpc) is 2.75. The van der Waals surface area contributed by atoms with Crippen molar-refractivity contribution in [3.8, 4) is 0 Å². The molecule has 1 rings (SSSR count). The number of unbranched alkanes of at least 4 members (excludes halogenated alkanes) is 1. The summed E-state index contributed by atoms with van der Waals surface area (Å²) < 4.78 is 10.1. The van der Waals surface area contributed by atoms with Gasteiger partial charge in [0.25, 0.3) is 0 Å². The Morgan fingerprint density at radius 1 is 1.47 bits per heavy atom. The van der Waals surface area contributed by atoms with Crippen molar-refractivity contribution in [2.24, 2.45) is 0 Å². The molecule has 84 valence electrons. The predicted octanol–water partition coefficient (Wildman–Crippen LogP) is 2.31. The van der Waals surface area contributed by atoms with Gasteiger partial charge in [0.05, 0.1) is 6.26 Å². The third-order valence-electron chi connectivity index (χ3n) is 2.04. The third kappa shape index (κ3) is 6.10. The van der Waals surface area contributed by atoms with Gasteiger partial charge >= 0.3 is 0 Å². The minimum Gasteiger partial charge on any atom is -0.465 e. The van der Waals surface area contributed by atoms with Gasteiger partial charge in [-0.15, -0.1) is 0 Å². The summed E-state index contributed by atoms with van der Waals surface area (Å²) >= 11 is 0. The van der Waals surface area contributed by atoms with Gasteiger partial charge in [0, 0.05) is 20.3 Å². The number of nitrogens with one attached hydrogen (secondary N) is 1. The Bertz CT molecular complexity index is 255. The van der Waals surface area contributed by atoms with E-state index in [4.69, 9.17) is 9.15 Å². The highest BCUT2D eigenvalue weighted by atomic mass is 16.5. The van der Waals surface area contributed by atoms with Crippen molar-refractivity contribution in [3.05, 3.63) is 30.2 Å². The minimum atomic E-state index is 0.851. The number of rotatable bonds is 8. The van der Waals surface area contributed by atoms with E-state index in [0.29, 0.717) is 0 Å². The van der Waals surface area contributed by atoms with E-state index in [1.807, 2.05) is 18.2 Å². The van der Waals surface area contributed by atoms with E-state index in [-0.39, 0.29) is 0 Å². The van der Waals surface area contributed by atoms with Crippen molar-refractivity contribution < 1.29 is 9.15 Å². The molecule has 1 aromatic rings. The van der Waals surface area contributed by atoms with Crippen LogP contribution in [-0.2, 0) is 4.74 Å². The number of hydrogen-bond acceptors (Lipinski definition) is 3. The van der Waals surface area contributed by atoms with Crippen molar-refractivity contribution in [2.75, 3.05) is 26.8 Å². The zero-order valence-corrected chi connectivity index (χ0v) is 9.24. The summed E-state index contributed by atoms with van der Waals surface area (Å²) in [7, 11) is 1.74. The lowest BCUT2D eigenvalue weighted by Gasteiger charge is -2.00. The molecule has 0 aliphatic rings. The monoisotopic (exact) mass is 209 g/mol. The topological polar surface area (TPSA) is 34.4 Å². The molecule has 3 heteroatoms. The van der Waals surface area contributed by atoms with Crippen molar-refractivity contribution in [2.45, 2.75) is 12.8 Å². The maximum atomic E-state index is 5.16. The zero-order valence-electron chi connectivity index (χ0n) is 9.24. The molecule has 0 saturated carbocycles. The van der Waals surface area contributed by atoms with Gasteiger partial charge in [-0.3, -0.25) is 0 Å². The second-order valence-electron chi connectivity index (χ2n) is 3.32. The van der Waals surface area contributed by atoms with Gasteiger partial charge in [0.1, 0.15) is 5.76 Å². The number of ether oxygens (including phenoxy) is 1. The maximum Gasteiger partial charge on any atom is 0.126 e. The highest BCUT2D eigenvalue weighted by molar-refractivity contribution is 5.42. The van der Waals surface area contributed by atoms with Gasteiger partial charge in [-0.25, -0.2) is 0 Å². The Morgan fingerprint density at radius 3 is 3.13 bits per heavy atom. The number of methoxy groups -OCH3 is 1. The van der Waals surface area contributed by atoms with Crippen molar-refractivity contribution in [1.29, 1.82) is 0 Å². The Balaban J connectivity index is 1.93. The van der Waals surface area contributed by atoms with Crippen molar-refractivity contribution >= 4 is 6.08 Å². The fourth-order valence-corrected chi connectivity index (χ4v) is 1.24. The quantitative estimate of drug-likeness (QED) is 0.667. The summed E-state index contributed by atoms with van der Waals surface area (Å²) in [5.74, 6) is 0.899. The normalized spacial score (nSPS) is 11.3. The van der Waals surface area contributed by atoms with Crippen LogP contribution >= 0.6 is 0 Å². The van der Waals surface area contributed by atoms with E-state index in [2.05, 4.69) is 11.4 Å². The van der Waals surface area contributed by atoms with E-state index in [9.17, 15) is 0 Å². The van der Waals surface area contributed by atoms with Crippen molar-refractivity contribution in [3.63, 3.8) is 0 Å². The molecule has 0 atom stereocenters. The maximum absolute atomic E-state index is 5.16. The molecular weight excluding hydrogens is 190 g/mol. The lowest BCUT2D eigenvalue weighted by Crippen LogP contribution is -2.15. The molecule has 0 radical (unpaired) electrons. The van der Waals surface area contributed by atoms with Crippen LogP contribution in [-0.4, -0.2) is 26.8 Å². The highest BCUT2D eigenvalue weighted by Crippen LogP contribution is 2.01. The second kappa shape index (κ2) is 8.26. The Morgan fingerprint density at radius 2 is 2.40 bits per heavy atom. The molecule has 1 aromatic heterocycles. The minimum absolute atomic E-state index is 0.851. The van der Waals surface area contributed by atoms with Gasteiger partial charge in [-0.05, 0) is 37.6 Å². The molecule has 0 saturated heterocycles. The van der Waals surface area contributed by atoms with Crippen LogP contribution in [0, 0.1) is 0 Å². The number of furan rings is 1. The molecule has 0 unspecified atom stereocenters. The molecule has 0 aliphatic carbocycles. The molecule has 3 nitrogen and oxygen atoms in total. The van der Waals surface area contributed by atoms with Gasteiger partial charge in [-0.1, -0.05) is 6.08 Å². The van der Waals surface area contributed by atoms with Gasteiger partial charge in [0.15, 0.2) is 0 Å². The van der Waals surface area contributed by atoms with Crippen LogP contribution in [0.15, 0.2) is 28.9 Å². The van der Waals surface area contributed by atoms with Crippen LogP contribution in [0.3, 0.4) is 0 Å².